The molecule has 0 saturated carbocycles. The lowest BCUT2D eigenvalue weighted by molar-refractivity contribution is 0.0600. The summed E-state index contributed by atoms with van der Waals surface area (Å²) in [6.07, 6.45) is 7.43. The van der Waals surface area contributed by atoms with Gasteiger partial charge in [0.2, 0.25) is 0 Å². The van der Waals surface area contributed by atoms with Crippen LogP contribution in [0.25, 0.3) is 0 Å². The number of carbonyl (C=O) groups is 1. The van der Waals surface area contributed by atoms with Crippen LogP contribution in [0, 0.1) is 0 Å². The summed E-state index contributed by atoms with van der Waals surface area (Å²) in [5.41, 5.74) is 0.703. The summed E-state index contributed by atoms with van der Waals surface area (Å²) in [4.78, 5) is 19.0. The number of hydrogen-bond donors (Lipinski definition) is 1. The quantitative estimate of drug-likeness (QED) is 0.896. The Morgan fingerprint density at radius 1 is 1.40 bits per heavy atom. The zero-order chi connectivity index (χ0) is 14.4. The highest BCUT2D eigenvalue weighted by Crippen LogP contribution is 2.23. The molecule has 4 nitrogen and oxygen atoms in total. The van der Waals surface area contributed by atoms with Gasteiger partial charge in [0.15, 0.2) is 0 Å². The van der Waals surface area contributed by atoms with Crippen LogP contribution in [0.1, 0.15) is 56.3 Å². The summed E-state index contributed by atoms with van der Waals surface area (Å²) < 4.78 is 0. The average Bonchev–Trinajstić information content (AvgIpc) is 2.49. The van der Waals surface area contributed by atoms with Crippen molar-refractivity contribution in [1.82, 2.24) is 9.88 Å². The molecule has 1 fully saturated rings. The first-order valence-corrected chi connectivity index (χ1v) is 7.77. The maximum absolute atomic E-state index is 12.6. The minimum Gasteiger partial charge on any atom is -0.370 e. The highest BCUT2D eigenvalue weighted by Gasteiger charge is 2.26. The number of rotatable bonds is 5. The van der Waals surface area contributed by atoms with Crippen LogP contribution < -0.4 is 5.32 Å². The van der Waals surface area contributed by atoms with Crippen LogP contribution >= 0.6 is 0 Å². The maximum atomic E-state index is 12.6. The standard InChI is InChI=1S/C16H25N3O/c1-3-7-14-8-5-6-11-19(14)16(20)13-9-10-15(17-4-2)18-12-13/h9-10,12,14H,3-8,11H2,1-2H3,(H,17,18). The second-order valence-electron chi connectivity index (χ2n) is 5.40. The van der Waals surface area contributed by atoms with Gasteiger partial charge in [0, 0.05) is 25.3 Å². The number of anilines is 1. The van der Waals surface area contributed by atoms with E-state index in [1.807, 2.05) is 19.1 Å². The van der Waals surface area contributed by atoms with Crippen molar-refractivity contribution in [3.8, 4) is 0 Å². The molecule has 2 rings (SSSR count). The highest BCUT2D eigenvalue weighted by atomic mass is 16.2. The lowest BCUT2D eigenvalue weighted by Crippen LogP contribution is -2.43. The smallest absolute Gasteiger partial charge is 0.255 e. The lowest BCUT2D eigenvalue weighted by atomic mass is 9.97. The molecule has 1 atom stereocenters. The molecule has 0 aromatic carbocycles. The zero-order valence-corrected chi connectivity index (χ0v) is 12.6. The first-order valence-electron chi connectivity index (χ1n) is 7.77. The number of amides is 1. The highest BCUT2D eigenvalue weighted by molar-refractivity contribution is 5.94. The number of carbonyl (C=O) groups excluding carboxylic acids is 1. The SMILES string of the molecule is CCCC1CCCCN1C(=O)c1ccc(NCC)nc1. The molecule has 1 saturated heterocycles. The fraction of sp³-hybridized carbons (Fsp3) is 0.625. The number of piperidine rings is 1. The Morgan fingerprint density at radius 3 is 2.90 bits per heavy atom. The summed E-state index contributed by atoms with van der Waals surface area (Å²) in [5.74, 6) is 0.964. The number of hydrogen-bond acceptors (Lipinski definition) is 3. The number of nitrogens with zero attached hydrogens (tertiary/aromatic N) is 2. The van der Waals surface area contributed by atoms with Crippen LogP contribution in [-0.2, 0) is 0 Å². The number of aromatic nitrogens is 1. The third-order valence-corrected chi connectivity index (χ3v) is 3.88. The van der Waals surface area contributed by atoms with Crippen molar-refractivity contribution in [1.29, 1.82) is 0 Å². The normalized spacial score (nSPS) is 18.9. The van der Waals surface area contributed by atoms with Crippen LogP contribution in [0.5, 0.6) is 0 Å². The second kappa shape index (κ2) is 7.27. The van der Waals surface area contributed by atoms with Gasteiger partial charge < -0.3 is 10.2 Å². The predicted molar refractivity (Wildman–Crippen MR) is 82.0 cm³/mol. The van der Waals surface area contributed by atoms with Crippen molar-refractivity contribution in [3.05, 3.63) is 23.9 Å². The molecule has 4 heteroatoms. The molecule has 1 unspecified atom stereocenters. The van der Waals surface area contributed by atoms with Gasteiger partial charge in [0.1, 0.15) is 5.82 Å². The molecule has 0 aliphatic carbocycles. The molecule has 1 aliphatic heterocycles. The van der Waals surface area contributed by atoms with Crippen molar-refractivity contribution in [2.45, 2.75) is 52.0 Å². The summed E-state index contributed by atoms with van der Waals surface area (Å²) >= 11 is 0. The molecule has 1 aromatic rings. The topological polar surface area (TPSA) is 45.2 Å². The first kappa shape index (κ1) is 14.8. The van der Waals surface area contributed by atoms with E-state index in [4.69, 9.17) is 0 Å². The average molecular weight is 275 g/mol. The van der Waals surface area contributed by atoms with E-state index in [1.54, 1.807) is 6.20 Å². The molecule has 1 N–H and O–H groups in total. The van der Waals surface area contributed by atoms with E-state index >= 15 is 0 Å². The van der Waals surface area contributed by atoms with Crippen LogP contribution in [-0.4, -0.2) is 34.9 Å². The Bertz CT molecular complexity index is 428. The van der Waals surface area contributed by atoms with Gasteiger partial charge in [-0.25, -0.2) is 4.98 Å². The van der Waals surface area contributed by atoms with Crippen LogP contribution in [0.2, 0.25) is 0 Å². The molecule has 20 heavy (non-hydrogen) atoms. The largest absolute Gasteiger partial charge is 0.370 e. The molecule has 0 radical (unpaired) electrons. The van der Waals surface area contributed by atoms with E-state index in [1.165, 1.54) is 6.42 Å². The number of nitrogens with one attached hydrogen (secondary N) is 1. The number of likely N-dealkylation sites (tertiary alicyclic amines) is 1. The van der Waals surface area contributed by atoms with Gasteiger partial charge in [-0.15, -0.1) is 0 Å². The van der Waals surface area contributed by atoms with Crippen molar-refractivity contribution in [2.24, 2.45) is 0 Å². The summed E-state index contributed by atoms with van der Waals surface area (Å²) in [6, 6.07) is 4.18. The Labute approximate surface area is 121 Å². The molecular weight excluding hydrogens is 250 g/mol. The van der Waals surface area contributed by atoms with E-state index in [9.17, 15) is 4.79 Å². The summed E-state index contributed by atoms with van der Waals surface area (Å²) in [7, 11) is 0. The van der Waals surface area contributed by atoms with E-state index in [0.717, 1.165) is 44.6 Å². The minimum atomic E-state index is 0.138. The lowest BCUT2D eigenvalue weighted by Gasteiger charge is -2.35. The Kier molecular flexibility index (Phi) is 5.39. The molecule has 2 heterocycles. The van der Waals surface area contributed by atoms with Gasteiger partial charge in [0.05, 0.1) is 5.56 Å². The molecule has 0 bridgehead atoms. The Balaban J connectivity index is 2.08. The first-order chi connectivity index (χ1) is 9.76. The fourth-order valence-electron chi connectivity index (χ4n) is 2.87. The summed E-state index contributed by atoms with van der Waals surface area (Å²) in [5, 5.41) is 3.15. The molecule has 1 aromatic heterocycles. The van der Waals surface area contributed by atoms with Gasteiger partial charge in [-0.1, -0.05) is 13.3 Å². The van der Waals surface area contributed by atoms with Crippen molar-refractivity contribution in [2.75, 3.05) is 18.4 Å². The zero-order valence-electron chi connectivity index (χ0n) is 12.6. The fourth-order valence-corrected chi connectivity index (χ4v) is 2.87. The third kappa shape index (κ3) is 3.50. The van der Waals surface area contributed by atoms with Gasteiger partial charge in [-0.05, 0) is 44.7 Å². The second-order valence-corrected chi connectivity index (χ2v) is 5.40. The third-order valence-electron chi connectivity index (χ3n) is 3.88. The van der Waals surface area contributed by atoms with Gasteiger partial charge in [-0.2, -0.15) is 0 Å². The molecule has 1 amide bonds. The maximum Gasteiger partial charge on any atom is 0.255 e. The van der Waals surface area contributed by atoms with Crippen molar-refractivity contribution >= 4 is 11.7 Å². The van der Waals surface area contributed by atoms with Crippen LogP contribution in [0.15, 0.2) is 18.3 Å². The van der Waals surface area contributed by atoms with E-state index < -0.39 is 0 Å². The van der Waals surface area contributed by atoms with Gasteiger partial charge in [-0.3, -0.25) is 4.79 Å². The van der Waals surface area contributed by atoms with Gasteiger partial charge in [0.25, 0.3) is 5.91 Å². The van der Waals surface area contributed by atoms with Crippen molar-refractivity contribution in [3.63, 3.8) is 0 Å². The number of pyridine rings is 1. The Hall–Kier alpha value is -1.58. The van der Waals surface area contributed by atoms with E-state index in [-0.39, 0.29) is 5.91 Å². The molecule has 110 valence electrons. The van der Waals surface area contributed by atoms with Crippen molar-refractivity contribution < 1.29 is 4.79 Å². The predicted octanol–water partition coefficient (Wildman–Crippen LogP) is 3.31. The van der Waals surface area contributed by atoms with Crippen LogP contribution in [0.3, 0.4) is 0 Å². The van der Waals surface area contributed by atoms with E-state index in [0.29, 0.717) is 11.6 Å². The Morgan fingerprint density at radius 2 is 2.25 bits per heavy atom. The molecule has 0 spiro atoms. The van der Waals surface area contributed by atoms with Crippen LogP contribution in [0.4, 0.5) is 5.82 Å². The molecule has 1 aliphatic rings. The van der Waals surface area contributed by atoms with E-state index in [2.05, 4.69) is 22.1 Å². The molecular formula is C16H25N3O. The minimum absolute atomic E-state index is 0.138. The monoisotopic (exact) mass is 275 g/mol. The van der Waals surface area contributed by atoms with Gasteiger partial charge >= 0.3 is 0 Å². The summed E-state index contributed by atoms with van der Waals surface area (Å²) in [6.45, 7) is 5.94.